The molecule has 0 spiro atoms. The highest BCUT2D eigenvalue weighted by atomic mass is 16.5. The molecule has 3 rings (SSSR count). The lowest BCUT2D eigenvalue weighted by atomic mass is 9.93. The Morgan fingerprint density at radius 2 is 1.95 bits per heavy atom. The number of methoxy groups -OCH3 is 1. The van der Waals surface area contributed by atoms with E-state index >= 15 is 0 Å². The second-order valence-corrected chi connectivity index (χ2v) is 5.03. The Kier molecular flexibility index (Phi) is 3.44. The maximum absolute atomic E-state index is 12.5. The van der Waals surface area contributed by atoms with Crippen LogP contribution in [0.5, 0.6) is 5.75 Å². The molecule has 0 N–H and O–H groups in total. The number of ether oxygens (including phenoxy) is 1. The maximum Gasteiger partial charge on any atom is 0.289 e. The molecular formula is C16H15N3O2. The van der Waals surface area contributed by atoms with E-state index in [9.17, 15) is 10.1 Å². The van der Waals surface area contributed by atoms with Gasteiger partial charge in [-0.3, -0.25) is 4.79 Å². The third kappa shape index (κ3) is 2.29. The molecule has 1 heterocycles. The van der Waals surface area contributed by atoms with Gasteiger partial charge >= 0.3 is 0 Å². The van der Waals surface area contributed by atoms with Crippen LogP contribution in [0.15, 0.2) is 29.1 Å². The zero-order valence-corrected chi connectivity index (χ0v) is 11.8. The molecular weight excluding hydrogens is 266 g/mol. The van der Waals surface area contributed by atoms with E-state index in [1.165, 1.54) is 4.68 Å². The fourth-order valence-electron chi connectivity index (χ4n) is 2.68. The summed E-state index contributed by atoms with van der Waals surface area (Å²) >= 11 is 0. The molecule has 0 saturated carbocycles. The molecule has 2 aromatic rings. The van der Waals surface area contributed by atoms with Crippen molar-refractivity contribution in [1.29, 1.82) is 5.26 Å². The van der Waals surface area contributed by atoms with Crippen molar-refractivity contribution in [2.24, 2.45) is 0 Å². The summed E-state index contributed by atoms with van der Waals surface area (Å²) in [5.41, 5.74) is 2.23. The van der Waals surface area contributed by atoms with E-state index in [0.717, 1.165) is 36.9 Å². The molecule has 0 radical (unpaired) electrons. The number of rotatable bonds is 2. The average molecular weight is 281 g/mol. The molecule has 0 atom stereocenters. The molecule has 0 fully saturated rings. The number of benzene rings is 1. The predicted molar refractivity (Wildman–Crippen MR) is 77.7 cm³/mol. The molecule has 1 aromatic heterocycles. The molecule has 0 bridgehead atoms. The molecule has 21 heavy (non-hydrogen) atoms. The summed E-state index contributed by atoms with van der Waals surface area (Å²) in [5.74, 6) is 0.713. The van der Waals surface area contributed by atoms with Crippen LogP contribution in [0, 0.1) is 11.3 Å². The van der Waals surface area contributed by atoms with E-state index in [1.54, 1.807) is 31.4 Å². The Balaban J connectivity index is 2.18. The van der Waals surface area contributed by atoms with Crippen LogP contribution in [0.25, 0.3) is 5.69 Å². The third-order valence-corrected chi connectivity index (χ3v) is 3.80. The van der Waals surface area contributed by atoms with Crippen LogP contribution >= 0.6 is 0 Å². The first kappa shape index (κ1) is 13.4. The molecule has 0 unspecified atom stereocenters. The smallest absolute Gasteiger partial charge is 0.289 e. The molecule has 0 saturated heterocycles. The number of fused-ring (bicyclic) bond motifs is 1. The van der Waals surface area contributed by atoms with Gasteiger partial charge in [-0.2, -0.15) is 15.0 Å². The first-order valence-corrected chi connectivity index (χ1v) is 6.94. The van der Waals surface area contributed by atoms with Crippen molar-refractivity contribution in [2.45, 2.75) is 25.7 Å². The zero-order chi connectivity index (χ0) is 14.8. The van der Waals surface area contributed by atoms with Crippen molar-refractivity contribution in [1.82, 2.24) is 9.78 Å². The van der Waals surface area contributed by atoms with E-state index in [1.807, 2.05) is 0 Å². The predicted octanol–water partition coefficient (Wildman–Crippen LogP) is 1.99. The minimum Gasteiger partial charge on any atom is -0.497 e. The number of aromatic nitrogens is 2. The lowest BCUT2D eigenvalue weighted by molar-refractivity contribution is 0.414. The molecule has 1 aromatic carbocycles. The number of nitriles is 1. The number of hydrogen-bond donors (Lipinski definition) is 0. The van der Waals surface area contributed by atoms with E-state index in [4.69, 9.17) is 4.74 Å². The zero-order valence-electron chi connectivity index (χ0n) is 11.8. The molecule has 1 aliphatic rings. The van der Waals surface area contributed by atoms with Crippen LogP contribution in [-0.2, 0) is 12.8 Å². The number of nitrogens with zero attached hydrogens (tertiary/aromatic N) is 3. The Hall–Kier alpha value is -2.61. The average Bonchev–Trinajstić information content (AvgIpc) is 2.54. The van der Waals surface area contributed by atoms with Gasteiger partial charge in [-0.15, -0.1) is 0 Å². The van der Waals surface area contributed by atoms with Gasteiger partial charge in [0.2, 0.25) is 0 Å². The summed E-state index contributed by atoms with van der Waals surface area (Å²) < 4.78 is 6.43. The monoisotopic (exact) mass is 281 g/mol. The van der Waals surface area contributed by atoms with E-state index in [2.05, 4.69) is 11.2 Å². The third-order valence-electron chi connectivity index (χ3n) is 3.80. The van der Waals surface area contributed by atoms with Crippen LogP contribution in [-0.4, -0.2) is 16.9 Å². The van der Waals surface area contributed by atoms with Gasteiger partial charge in [-0.05, 0) is 55.5 Å². The minimum absolute atomic E-state index is 0.232. The standard InChI is InChI=1S/C16H15N3O2/c1-21-12-8-6-11(7-9-12)19-16(20)14(10-17)13-4-2-3-5-15(13)18-19/h6-9H,2-5H2,1H3. The van der Waals surface area contributed by atoms with Gasteiger partial charge in [-0.25, -0.2) is 0 Å². The maximum atomic E-state index is 12.5. The highest BCUT2D eigenvalue weighted by Gasteiger charge is 2.20. The molecule has 0 aliphatic heterocycles. The van der Waals surface area contributed by atoms with Crippen LogP contribution in [0.1, 0.15) is 29.7 Å². The van der Waals surface area contributed by atoms with Crippen LogP contribution in [0.2, 0.25) is 0 Å². The van der Waals surface area contributed by atoms with Crippen LogP contribution < -0.4 is 10.3 Å². The summed E-state index contributed by atoms with van der Waals surface area (Å²) in [5, 5.41) is 13.8. The summed E-state index contributed by atoms with van der Waals surface area (Å²) in [6.45, 7) is 0. The number of hydrogen-bond acceptors (Lipinski definition) is 4. The van der Waals surface area contributed by atoms with Gasteiger partial charge < -0.3 is 4.74 Å². The van der Waals surface area contributed by atoms with Crippen LogP contribution in [0.4, 0.5) is 0 Å². The number of aryl methyl sites for hydroxylation is 1. The molecule has 0 amide bonds. The summed E-state index contributed by atoms with van der Waals surface area (Å²) in [6.07, 6.45) is 3.64. The normalized spacial score (nSPS) is 13.3. The Morgan fingerprint density at radius 3 is 2.62 bits per heavy atom. The van der Waals surface area contributed by atoms with Gasteiger partial charge in [0, 0.05) is 0 Å². The minimum atomic E-state index is -0.344. The second-order valence-electron chi connectivity index (χ2n) is 5.03. The Bertz CT molecular complexity index is 770. The van der Waals surface area contributed by atoms with Crippen molar-refractivity contribution in [3.63, 3.8) is 0 Å². The highest BCUT2D eigenvalue weighted by molar-refractivity contribution is 5.43. The van der Waals surface area contributed by atoms with Crippen molar-refractivity contribution in [3.05, 3.63) is 51.4 Å². The molecule has 1 aliphatic carbocycles. The van der Waals surface area contributed by atoms with Gasteiger partial charge in [0.15, 0.2) is 0 Å². The summed E-state index contributed by atoms with van der Waals surface area (Å²) in [7, 11) is 1.59. The quantitative estimate of drug-likeness (QED) is 0.844. The topological polar surface area (TPSA) is 67.9 Å². The van der Waals surface area contributed by atoms with Crippen molar-refractivity contribution < 1.29 is 4.74 Å². The Labute approximate surface area is 122 Å². The fraction of sp³-hybridized carbons (Fsp3) is 0.312. The summed E-state index contributed by atoms with van der Waals surface area (Å²) in [4.78, 5) is 12.5. The first-order valence-electron chi connectivity index (χ1n) is 6.94. The van der Waals surface area contributed by atoms with E-state index in [-0.39, 0.29) is 11.1 Å². The van der Waals surface area contributed by atoms with Gasteiger partial charge in [-0.1, -0.05) is 0 Å². The molecule has 5 nitrogen and oxygen atoms in total. The van der Waals surface area contributed by atoms with Crippen molar-refractivity contribution >= 4 is 0 Å². The summed E-state index contributed by atoms with van der Waals surface area (Å²) in [6, 6.07) is 9.14. The fourth-order valence-corrected chi connectivity index (χ4v) is 2.68. The van der Waals surface area contributed by atoms with Gasteiger partial charge in [0.05, 0.1) is 18.5 Å². The highest BCUT2D eigenvalue weighted by Crippen LogP contribution is 2.21. The Morgan fingerprint density at radius 1 is 1.24 bits per heavy atom. The van der Waals surface area contributed by atoms with Gasteiger partial charge in [0.1, 0.15) is 17.4 Å². The van der Waals surface area contributed by atoms with E-state index < -0.39 is 0 Å². The first-order chi connectivity index (χ1) is 10.2. The lowest BCUT2D eigenvalue weighted by Gasteiger charge is -2.17. The van der Waals surface area contributed by atoms with Crippen LogP contribution in [0.3, 0.4) is 0 Å². The van der Waals surface area contributed by atoms with Crippen molar-refractivity contribution in [3.8, 4) is 17.5 Å². The van der Waals surface area contributed by atoms with Crippen molar-refractivity contribution in [2.75, 3.05) is 7.11 Å². The lowest BCUT2D eigenvalue weighted by Crippen LogP contribution is -2.28. The molecule has 106 valence electrons. The van der Waals surface area contributed by atoms with Gasteiger partial charge in [0.25, 0.3) is 5.56 Å². The SMILES string of the molecule is COc1ccc(-n2nc3c(c(C#N)c2=O)CCCC3)cc1. The van der Waals surface area contributed by atoms with E-state index in [0.29, 0.717) is 11.4 Å². The molecule has 5 heteroatoms. The largest absolute Gasteiger partial charge is 0.497 e. The second kappa shape index (κ2) is 5.41.